The Balaban J connectivity index is 2.00. The molecule has 1 aromatic rings. The van der Waals surface area contributed by atoms with Crippen molar-refractivity contribution in [2.75, 3.05) is 25.4 Å². The van der Waals surface area contributed by atoms with Crippen LogP contribution in [0.3, 0.4) is 0 Å². The van der Waals surface area contributed by atoms with Crippen LogP contribution in [0.25, 0.3) is 0 Å². The number of rotatable bonds is 6. The van der Waals surface area contributed by atoms with Crippen LogP contribution in [0.5, 0.6) is 0 Å². The van der Waals surface area contributed by atoms with Crippen molar-refractivity contribution >= 4 is 10.0 Å². The molecule has 0 amide bonds. The molecule has 1 aliphatic rings. The SMILES string of the molecule is CCC1(CO)CCN(S(=O)(=O)CC(C)c2ccccc2)CC1. The number of sulfonamides is 1. The molecule has 1 aromatic carbocycles. The van der Waals surface area contributed by atoms with Gasteiger partial charge < -0.3 is 5.11 Å². The third-order valence-electron chi connectivity index (χ3n) is 5.09. The van der Waals surface area contributed by atoms with Gasteiger partial charge in [0.15, 0.2) is 0 Å². The van der Waals surface area contributed by atoms with E-state index >= 15 is 0 Å². The molecule has 1 atom stereocenters. The van der Waals surface area contributed by atoms with Gasteiger partial charge >= 0.3 is 0 Å². The third kappa shape index (κ3) is 3.89. The highest BCUT2D eigenvalue weighted by molar-refractivity contribution is 7.89. The molecule has 5 heteroatoms. The first-order valence-corrected chi connectivity index (χ1v) is 9.67. The Labute approximate surface area is 134 Å². The lowest BCUT2D eigenvalue weighted by atomic mass is 9.77. The van der Waals surface area contributed by atoms with Crippen LogP contribution in [-0.2, 0) is 10.0 Å². The minimum atomic E-state index is -3.25. The number of hydrogen-bond donors (Lipinski definition) is 1. The van der Waals surface area contributed by atoms with Gasteiger partial charge in [0.2, 0.25) is 10.0 Å². The van der Waals surface area contributed by atoms with Crippen molar-refractivity contribution in [2.45, 2.75) is 39.0 Å². The largest absolute Gasteiger partial charge is 0.396 e. The van der Waals surface area contributed by atoms with Crippen LogP contribution >= 0.6 is 0 Å². The van der Waals surface area contributed by atoms with Crippen LogP contribution in [0.2, 0.25) is 0 Å². The van der Waals surface area contributed by atoms with Crippen molar-refractivity contribution in [1.29, 1.82) is 0 Å². The summed E-state index contributed by atoms with van der Waals surface area (Å²) in [5.74, 6) is 0.136. The van der Waals surface area contributed by atoms with Crippen molar-refractivity contribution in [3.8, 4) is 0 Å². The first kappa shape index (κ1) is 17.4. The molecule has 0 saturated carbocycles. The number of aliphatic hydroxyl groups is 1. The van der Waals surface area contributed by atoms with Crippen LogP contribution in [0.15, 0.2) is 30.3 Å². The molecule has 1 aliphatic heterocycles. The summed E-state index contributed by atoms with van der Waals surface area (Å²) in [6.45, 7) is 5.23. The smallest absolute Gasteiger partial charge is 0.214 e. The first-order chi connectivity index (χ1) is 10.4. The van der Waals surface area contributed by atoms with Gasteiger partial charge in [-0.3, -0.25) is 0 Å². The maximum absolute atomic E-state index is 12.6. The lowest BCUT2D eigenvalue weighted by molar-refractivity contribution is 0.0647. The van der Waals surface area contributed by atoms with E-state index in [1.807, 2.05) is 37.3 Å². The zero-order valence-electron chi connectivity index (χ0n) is 13.5. The van der Waals surface area contributed by atoms with Gasteiger partial charge in [-0.2, -0.15) is 0 Å². The van der Waals surface area contributed by atoms with Gasteiger partial charge in [0.05, 0.1) is 5.75 Å². The molecule has 2 rings (SSSR count). The number of piperidine rings is 1. The van der Waals surface area contributed by atoms with Crippen molar-refractivity contribution in [2.24, 2.45) is 5.41 Å². The Hall–Kier alpha value is -0.910. The lowest BCUT2D eigenvalue weighted by Gasteiger charge is -2.39. The molecular formula is C17H27NO3S. The number of benzene rings is 1. The van der Waals surface area contributed by atoms with Gasteiger partial charge in [0.25, 0.3) is 0 Å². The van der Waals surface area contributed by atoms with Crippen LogP contribution < -0.4 is 0 Å². The second-order valence-electron chi connectivity index (χ2n) is 6.50. The zero-order chi connectivity index (χ0) is 16.2. The average Bonchev–Trinajstić information content (AvgIpc) is 2.55. The minimum Gasteiger partial charge on any atom is -0.396 e. The normalized spacial score (nSPS) is 20.7. The maximum Gasteiger partial charge on any atom is 0.214 e. The number of aliphatic hydroxyl groups excluding tert-OH is 1. The Bertz CT molecular complexity index is 557. The summed E-state index contributed by atoms with van der Waals surface area (Å²) in [4.78, 5) is 0. The fourth-order valence-electron chi connectivity index (χ4n) is 3.16. The van der Waals surface area contributed by atoms with Gasteiger partial charge in [0.1, 0.15) is 0 Å². The van der Waals surface area contributed by atoms with E-state index in [2.05, 4.69) is 6.92 Å². The lowest BCUT2D eigenvalue weighted by Crippen LogP contribution is -2.45. The highest BCUT2D eigenvalue weighted by Crippen LogP contribution is 2.35. The summed E-state index contributed by atoms with van der Waals surface area (Å²) in [6, 6.07) is 9.77. The molecule has 124 valence electrons. The molecule has 22 heavy (non-hydrogen) atoms. The number of hydrogen-bond acceptors (Lipinski definition) is 3. The van der Waals surface area contributed by atoms with E-state index in [0.717, 1.165) is 24.8 Å². The molecule has 1 N–H and O–H groups in total. The van der Waals surface area contributed by atoms with E-state index in [4.69, 9.17) is 0 Å². The molecule has 0 spiro atoms. The highest BCUT2D eigenvalue weighted by Gasteiger charge is 2.36. The Morgan fingerprint density at radius 1 is 1.23 bits per heavy atom. The second kappa shape index (κ2) is 7.11. The molecule has 1 fully saturated rings. The molecule has 1 heterocycles. The maximum atomic E-state index is 12.6. The first-order valence-electron chi connectivity index (χ1n) is 8.06. The predicted octanol–water partition coefficient (Wildman–Crippen LogP) is 2.60. The number of nitrogens with zero attached hydrogens (tertiary/aromatic N) is 1. The van der Waals surface area contributed by atoms with Crippen molar-refractivity contribution in [3.63, 3.8) is 0 Å². The Morgan fingerprint density at radius 3 is 2.32 bits per heavy atom. The molecule has 0 bridgehead atoms. The summed E-state index contributed by atoms with van der Waals surface area (Å²) in [7, 11) is -3.25. The van der Waals surface area contributed by atoms with E-state index in [-0.39, 0.29) is 23.7 Å². The van der Waals surface area contributed by atoms with Crippen LogP contribution in [0.4, 0.5) is 0 Å². The predicted molar refractivity (Wildman–Crippen MR) is 89.3 cm³/mol. The van der Waals surface area contributed by atoms with Crippen LogP contribution in [-0.4, -0.2) is 43.3 Å². The van der Waals surface area contributed by atoms with E-state index in [1.54, 1.807) is 4.31 Å². The van der Waals surface area contributed by atoms with E-state index in [9.17, 15) is 13.5 Å². The van der Waals surface area contributed by atoms with Crippen molar-refractivity contribution in [1.82, 2.24) is 4.31 Å². The van der Waals surface area contributed by atoms with Gasteiger partial charge in [-0.1, -0.05) is 44.2 Å². The quantitative estimate of drug-likeness (QED) is 0.874. The fraction of sp³-hybridized carbons (Fsp3) is 0.647. The molecule has 0 aliphatic carbocycles. The summed E-state index contributed by atoms with van der Waals surface area (Å²) in [5.41, 5.74) is 0.971. The van der Waals surface area contributed by atoms with Crippen LogP contribution in [0.1, 0.15) is 44.6 Å². The van der Waals surface area contributed by atoms with Crippen molar-refractivity contribution in [3.05, 3.63) is 35.9 Å². The summed E-state index contributed by atoms with van der Waals surface area (Å²) < 4.78 is 26.8. The second-order valence-corrected chi connectivity index (χ2v) is 8.51. The van der Waals surface area contributed by atoms with Gasteiger partial charge in [-0.05, 0) is 36.2 Å². The summed E-state index contributed by atoms with van der Waals surface area (Å²) >= 11 is 0. The topological polar surface area (TPSA) is 57.6 Å². The van der Waals surface area contributed by atoms with Gasteiger partial charge in [0, 0.05) is 19.7 Å². The highest BCUT2D eigenvalue weighted by atomic mass is 32.2. The fourth-order valence-corrected chi connectivity index (χ4v) is 4.94. The van der Waals surface area contributed by atoms with Crippen molar-refractivity contribution < 1.29 is 13.5 Å². The Kier molecular flexibility index (Phi) is 5.64. The van der Waals surface area contributed by atoms with E-state index < -0.39 is 10.0 Å². The third-order valence-corrected chi connectivity index (χ3v) is 7.16. The minimum absolute atomic E-state index is 0.0121. The molecule has 1 unspecified atom stereocenters. The molecule has 4 nitrogen and oxygen atoms in total. The van der Waals surface area contributed by atoms with Gasteiger partial charge in [-0.25, -0.2) is 12.7 Å². The van der Waals surface area contributed by atoms with E-state index in [1.165, 1.54) is 0 Å². The molecule has 0 radical (unpaired) electrons. The molecule has 0 aromatic heterocycles. The summed E-state index contributed by atoms with van der Waals surface area (Å²) in [6.07, 6.45) is 2.40. The van der Waals surface area contributed by atoms with Crippen LogP contribution in [0, 0.1) is 5.41 Å². The average molecular weight is 325 g/mol. The van der Waals surface area contributed by atoms with E-state index in [0.29, 0.717) is 13.1 Å². The standard InChI is InChI=1S/C17H27NO3S/c1-3-17(14-19)9-11-18(12-10-17)22(20,21)13-15(2)16-7-5-4-6-8-16/h4-8,15,19H,3,9-14H2,1-2H3. The molecule has 1 saturated heterocycles. The molecular weight excluding hydrogens is 298 g/mol. The Morgan fingerprint density at radius 2 is 1.82 bits per heavy atom. The monoisotopic (exact) mass is 325 g/mol. The van der Waals surface area contributed by atoms with Gasteiger partial charge in [-0.15, -0.1) is 0 Å². The zero-order valence-corrected chi connectivity index (χ0v) is 14.3. The summed E-state index contributed by atoms with van der Waals surface area (Å²) in [5, 5.41) is 9.56.